The Morgan fingerprint density at radius 3 is 2.48 bits per heavy atom. The van der Waals surface area contributed by atoms with E-state index in [1.807, 2.05) is 0 Å². The molecule has 3 N–H and O–H groups in total. The fourth-order valence-corrected chi connectivity index (χ4v) is 2.38. The topological polar surface area (TPSA) is 47.3 Å². The average molecular weight is 361 g/mol. The number of benzene rings is 2. The molecule has 1 unspecified atom stereocenters. The number of nitrogens with one attached hydrogen (secondary N) is 1. The maximum absolute atomic E-state index is 14.0. The van der Waals surface area contributed by atoms with E-state index in [1.165, 1.54) is 24.3 Å². The van der Waals surface area contributed by atoms with Crippen LogP contribution in [0.3, 0.4) is 0 Å². The standard InChI is InChI=1S/C14H12BrF3N2O/c15-8-5-6-11(16)10(7-8)13(20-19)9-3-1-2-4-12(9)21-14(17)18/h1-7,13-14,20H,19H2. The molecule has 0 amide bonds. The van der Waals surface area contributed by atoms with E-state index < -0.39 is 18.5 Å². The third-order valence-corrected chi connectivity index (χ3v) is 3.38. The SMILES string of the molecule is NNC(c1cc(Br)ccc1F)c1ccccc1OC(F)F. The summed E-state index contributed by atoms with van der Waals surface area (Å²) in [6, 6.07) is 9.61. The fraction of sp³-hybridized carbons (Fsp3) is 0.143. The highest BCUT2D eigenvalue weighted by Gasteiger charge is 2.21. The van der Waals surface area contributed by atoms with E-state index >= 15 is 0 Å². The van der Waals surface area contributed by atoms with Crippen molar-refractivity contribution in [2.24, 2.45) is 5.84 Å². The molecule has 2 aromatic rings. The van der Waals surface area contributed by atoms with Crippen molar-refractivity contribution < 1.29 is 17.9 Å². The number of hydrazine groups is 1. The Morgan fingerprint density at radius 2 is 1.81 bits per heavy atom. The summed E-state index contributed by atoms with van der Waals surface area (Å²) in [5.74, 6) is 4.91. The monoisotopic (exact) mass is 360 g/mol. The van der Waals surface area contributed by atoms with E-state index in [9.17, 15) is 13.2 Å². The Hall–Kier alpha value is -1.57. The minimum atomic E-state index is -2.98. The summed E-state index contributed by atoms with van der Waals surface area (Å²) >= 11 is 3.24. The lowest BCUT2D eigenvalue weighted by atomic mass is 9.98. The Balaban J connectivity index is 2.49. The molecule has 0 fully saturated rings. The van der Waals surface area contributed by atoms with Crippen molar-refractivity contribution in [2.75, 3.05) is 0 Å². The summed E-state index contributed by atoms with van der Waals surface area (Å²) in [5.41, 5.74) is 2.97. The highest BCUT2D eigenvalue weighted by atomic mass is 79.9. The molecule has 0 aliphatic rings. The number of rotatable bonds is 5. The summed E-state index contributed by atoms with van der Waals surface area (Å²) < 4.78 is 44.0. The maximum atomic E-state index is 14.0. The maximum Gasteiger partial charge on any atom is 0.387 e. The van der Waals surface area contributed by atoms with Crippen LogP contribution in [0.15, 0.2) is 46.9 Å². The molecule has 0 heterocycles. The largest absolute Gasteiger partial charge is 0.434 e. The fourth-order valence-electron chi connectivity index (χ4n) is 2.01. The van der Waals surface area contributed by atoms with Crippen LogP contribution in [0.25, 0.3) is 0 Å². The average Bonchev–Trinajstić information content (AvgIpc) is 2.44. The van der Waals surface area contributed by atoms with Crippen molar-refractivity contribution in [3.05, 3.63) is 63.9 Å². The molecule has 0 saturated heterocycles. The van der Waals surface area contributed by atoms with Crippen molar-refractivity contribution in [2.45, 2.75) is 12.7 Å². The summed E-state index contributed by atoms with van der Waals surface area (Å²) in [5, 5.41) is 0. The first-order valence-corrected chi connectivity index (χ1v) is 6.77. The minimum absolute atomic E-state index is 0.0603. The number of nitrogens with two attached hydrogens (primary N) is 1. The van der Waals surface area contributed by atoms with Gasteiger partial charge in [-0.05, 0) is 24.3 Å². The molecule has 21 heavy (non-hydrogen) atoms. The van der Waals surface area contributed by atoms with E-state index in [1.54, 1.807) is 18.2 Å². The van der Waals surface area contributed by atoms with Crippen LogP contribution in [0.4, 0.5) is 13.2 Å². The van der Waals surface area contributed by atoms with Gasteiger partial charge in [-0.1, -0.05) is 34.1 Å². The highest BCUT2D eigenvalue weighted by Crippen LogP contribution is 2.32. The molecule has 7 heteroatoms. The quantitative estimate of drug-likeness (QED) is 0.630. The van der Waals surface area contributed by atoms with Crippen molar-refractivity contribution in [3.8, 4) is 5.75 Å². The van der Waals surface area contributed by atoms with Gasteiger partial charge < -0.3 is 4.74 Å². The Labute approximate surface area is 128 Å². The van der Waals surface area contributed by atoms with Gasteiger partial charge >= 0.3 is 6.61 Å². The molecule has 0 aromatic heterocycles. The van der Waals surface area contributed by atoms with Gasteiger partial charge in [0, 0.05) is 15.6 Å². The zero-order chi connectivity index (χ0) is 15.4. The highest BCUT2D eigenvalue weighted by molar-refractivity contribution is 9.10. The first-order valence-electron chi connectivity index (χ1n) is 5.97. The predicted octanol–water partition coefficient (Wildman–Crippen LogP) is 3.74. The van der Waals surface area contributed by atoms with E-state index in [4.69, 9.17) is 5.84 Å². The number of alkyl halides is 2. The molecule has 0 aliphatic heterocycles. The Kier molecular flexibility index (Phi) is 5.22. The van der Waals surface area contributed by atoms with Gasteiger partial charge in [0.25, 0.3) is 0 Å². The number of hydrogen-bond donors (Lipinski definition) is 2. The minimum Gasteiger partial charge on any atom is -0.434 e. The van der Waals surface area contributed by atoms with Crippen LogP contribution >= 0.6 is 15.9 Å². The lowest BCUT2D eigenvalue weighted by molar-refractivity contribution is -0.0506. The van der Waals surface area contributed by atoms with Crippen molar-refractivity contribution in [1.82, 2.24) is 5.43 Å². The second-order valence-corrected chi connectivity index (χ2v) is 5.10. The number of para-hydroxylation sites is 1. The lowest BCUT2D eigenvalue weighted by Gasteiger charge is -2.20. The van der Waals surface area contributed by atoms with E-state index in [0.717, 1.165) is 0 Å². The van der Waals surface area contributed by atoms with Gasteiger partial charge in [0.15, 0.2) is 0 Å². The predicted molar refractivity (Wildman–Crippen MR) is 76.3 cm³/mol. The lowest BCUT2D eigenvalue weighted by Crippen LogP contribution is -2.30. The van der Waals surface area contributed by atoms with Crippen molar-refractivity contribution in [1.29, 1.82) is 0 Å². The van der Waals surface area contributed by atoms with Crippen LogP contribution in [0.2, 0.25) is 0 Å². The molecular weight excluding hydrogens is 349 g/mol. The van der Waals surface area contributed by atoms with Crippen LogP contribution in [-0.4, -0.2) is 6.61 Å². The third-order valence-electron chi connectivity index (χ3n) is 2.88. The molecular formula is C14H12BrF3N2O. The molecule has 1 atom stereocenters. The second-order valence-electron chi connectivity index (χ2n) is 4.18. The zero-order valence-electron chi connectivity index (χ0n) is 10.7. The summed E-state index contributed by atoms with van der Waals surface area (Å²) in [6.07, 6.45) is 0. The summed E-state index contributed by atoms with van der Waals surface area (Å²) in [7, 11) is 0. The van der Waals surface area contributed by atoms with Gasteiger partial charge in [-0.2, -0.15) is 8.78 Å². The van der Waals surface area contributed by atoms with Gasteiger partial charge in [0.05, 0.1) is 6.04 Å². The van der Waals surface area contributed by atoms with Gasteiger partial charge in [-0.15, -0.1) is 0 Å². The molecule has 2 rings (SSSR count). The molecule has 0 saturated carbocycles. The summed E-state index contributed by atoms with van der Waals surface area (Å²) in [4.78, 5) is 0. The van der Waals surface area contributed by atoms with Crippen molar-refractivity contribution in [3.63, 3.8) is 0 Å². The Morgan fingerprint density at radius 1 is 1.10 bits per heavy atom. The second kappa shape index (κ2) is 6.93. The smallest absolute Gasteiger partial charge is 0.387 e. The molecule has 3 nitrogen and oxygen atoms in total. The first kappa shape index (κ1) is 15.8. The van der Waals surface area contributed by atoms with E-state index in [0.29, 0.717) is 10.0 Å². The number of hydrogen-bond acceptors (Lipinski definition) is 3. The normalized spacial score (nSPS) is 12.5. The van der Waals surface area contributed by atoms with Gasteiger partial charge in [0.2, 0.25) is 0 Å². The van der Waals surface area contributed by atoms with E-state index in [2.05, 4.69) is 26.1 Å². The molecule has 2 aromatic carbocycles. The molecule has 0 spiro atoms. The summed E-state index contributed by atoms with van der Waals surface area (Å²) in [6.45, 7) is -2.98. The first-order chi connectivity index (χ1) is 10.0. The third kappa shape index (κ3) is 3.75. The Bertz CT molecular complexity index is 625. The van der Waals surface area contributed by atoms with E-state index in [-0.39, 0.29) is 11.3 Å². The van der Waals surface area contributed by atoms with Crippen LogP contribution < -0.4 is 16.0 Å². The van der Waals surface area contributed by atoms with Gasteiger partial charge in [-0.25, -0.2) is 9.82 Å². The van der Waals surface area contributed by atoms with Crippen molar-refractivity contribution >= 4 is 15.9 Å². The van der Waals surface area contributed by atoms with Crippen LogP contribution in [0.5, 0.6) is 5.75 Å². The van der Waals surface area contributed by atoms with Crippen LogP contribution in [-0.2, 0) is 0 Å². The number of ether oxygens (including phenoxy) is 1. The zero-order valence-corrected chi connectivity index (χ0v) is 12.3. The van der Waals surface area contributed by atoms with Crippen LogP contribution in [0, 0.1) is 5.82 Å². The number of halogens is 4. The molecule has 0 radical (unpaired) electrons. The van der Waals surface area contributed by atoms with Crippen LogP contribution in [0.1, 0.15) is 17.2 Å². The van der Waals surface area contributed by atoms with Gasteiger partial charge in [0.1, 0.15) is 11.6 Å². The van der Waals surface area contributed by atoms with Gasteiger partial charge in [-0.3, -0.25) is 5.84 Å². The molecule has 0 bridgehead atoms. The molecule has 0 aliphatic carbocycles. The molecule has 112 valence electrons.